The summed E-state index contributed by atoms with van der Waals surface area (Å²) in [6.45, 7) is 4.27. The standard InChI is InChI=1S/C14H21ClO3/c1-9(2)5-6-12(16)10-7-11(15)14(18-4)13(8-10)17-3/h7-9,12,16H,5-6H2,1-4H3. The predicted molar refractivity (Wildman–Crippen MR) is 73.6 cm³/mol. The molecule has 18 heavy (non-hydrogen) atoms. The van der Waals surface area contributed by atoms with Crippen LogP contribution in [0.1, 0.15) is 38.4 Å². The SMILES string of the molecule is COc1cc(C(O)CCC(C)C)cc(Cl)c1OC. The van der Waals surface area contributed by atoms with E-state index in [2.05, 4.69) is 13.8 Å². The molecule has 1 aromatic rings. The van der Waals surface area contributed by atoms with Gasteiger partial charge < -0.3 is 14.6 Å². The lowest BCUT2D eigenvalue weighted by Gasteiger charge is -2.16. The van der Waals surface area contributed by atoms with Crippen molar-refractivity contribution in [3.05, 3.63) is 22.7 Å². The van der Waals surface area contributed by atoms with Crippen LogP contribution in [0.15, 0.2) is 12.1 Å². The minimum Gasteiger partial charge on any atom is -0.493 e. The molecule has 0 aliphatic carbocycles. The van der Waals surface area contributed by atoms with Crippen molar-refractivity contribution in [3.63, 3.8) is 0 Å². The Morgan fingerprint density at radius 3 is 2.33 bits per heavy atom. The molecule has 102 valence electrons. The van der Waals surface area contributed by atoms with Crippen molar-refractivity contribution in [1.29, 1.82) is 0 Å². The van der Waals surface area contributed by atoms with Gasteiger partial charge in [-0.3, -0.25) is 0 Å². The Morgan fingerprint density at radius 1 is 1.17 bits per heavy atom. The number of hydrogen-bond acceptors (Lipinski definition) is 3. The number of benzene rings is 1. The lowest BCUT2D eigenvalue weighted by Crippen LogP contribution is -2.01. The molecule has 0 radical (unpaired) electrons. The largest absolute Gasteiger partial charge is 0.493 e. The fourth-order valence-electron chi connectivity index (χ4n) is 1.79. The molecule has 0 bridgehead atoms. The van der Waals surface area contributed by atoms with E-state index in [0.717, 1.165) is 12.0 Å². The molecule has 0 amide bonds. The van der Waals surface area contributed by atoms with Gasteiger partial charge in [0.15, 0.2) is 11.5 Å². The van der Waals surface area contributed by atoms with Crippen LogP contribution in [0.2, 0.25) is 5.02 Å². The molecule has 0 spiro atoms. The highest BCUT2D eigenvalue weighted by Gasteiger charge is 2.15. The fraction of sp³-hybridized carbons (Fsp3) is 0.571. The molecular weight excluding hydrogens is 252 g/mol. The van der Waals surface area contributed by atoms with Gasteiger partial charge in [-0.1, -0.05) is 25.4 Å². The molecule has 0 saturated heterocycles. The average molecular weight is 273 g/mol. The first-order chi connectivity index (χ1) is 8.49. The van der Waals surface area contributed by atoms with Crippen LogP contribution in [0.3, 0.4) is 0 Å². The van der Waals surface area contributed by atoms with Gasteiger partial charge in [0.25, 0.3) is 0 Å². The summed E-state index contributed by atoms with van der Waals surface area (Å²) in [5.74, 6) is 1.61. The third-order valence-electron chi connectivity index (χ3n) is 2.86. The third kappa shape index (κ3) is 3.79. The van der Waals surface area contributed by atoms with Crippen LogP contribution in [0.25, 0.3) is 0 Å². The summed E-state index contributed by atoms with van der Waals surface area (Å²) >= 11 is 6.10. The van der Waals surface area contributed by atoms with E-state index < -0.39 is 6.10 Å². The minimum atomic E-state index is -0.523. The molecule has 0 aliphatic rings. The van der Waals surface area contributed by atoms with E-state index in [-0.39, 0.29) is 0 Å². The van der Waals surface area contributed by atoms with Crippen molar-refractivity contribution in [2.75, 3.05) is 14.2 Å². The first kappa shape index (κ1) is 15.1. The molecule has 0 aliphatic heterocycles. The molecule has 0 saturated carbocycles. The maximum atomic E-state index is 10.1. The van der Waals surface area contributed by atoms with Gasteiger partial charge in [0.05, 0.1) is 25.3 Å². The fourth-order valence-corrected chi connectivity index (χ4v) is 2.08. The maximum Gasteiger partial charge on any atom is 0.179 e. The van der Waals surface area contributed by atoms with Gasteiger partial charge in [0.2, 0.25) is 0 Å². The molecule has 1 unspecified atom stereocenters. The number of halogens is 1. The summed E-state index contributed by atoms with van der Waals surface area (Å²) in [5.41, 5.74) is 0.762. The molecule has 1 atom stereocenters. The Hall–Kier alpha value is -0.930. The summed E-state index contributed by atoms with van der Waals surface area (Å²) < 4.78 is 10.4. The van der Waals surface area contributed by atoms with Crippen LogP contribution in [0, 0.1) is 5.92 Å². The van der Waals surface area contributed by atoms with Gasteiger partial charge in [0.1, 0.15) is 0 Å². The normalized spacial score (nSPS) is 12.6. The first-order valence-corrected chi connectivity index (χ1v) is 6.46. The van der Waals surface area contributed by atoms with Gasteiger partial charge in [0, 0.05) is 0 Å². The maximum absolute atomic E-state index is 10.1. The van der Waals surface area contributed by atoms with Crippen LogP contribution >= 0.6 is 11.6 Å². The van der Waals surface area contributed by atoms with E-state index in [0.29, 0.717) is 28.9 Å². The van der Waals surface area contributed by atoms with E-state index in [9.17, 15) is 5.11 Å². The summed E-state index contributed by atoms with van der Waals surface area (Å²) in [7, 11) is 3.09. The second-order valence-corrected chi connectivity index (χ2v) is 5.13. The van der Waals surface area contributed by atoms with Gasteiger partial charge >= 0.3 is 0 Å². The summed E-state index contributed by atoms with van der Waals surface area (Å²) in [6, 6.07) is 3.50. The average Bonchev–Trinajstić information content (AvgIpc) is 2.34. The van der Waals surface area contributed by atoms with Crippen molar-refractivity contribution in [2.45, 2.75) is 32.8 Å². The summed E-state index contributed by atoms with van der Waals surface area (Å²) in [4.78, 5) is 0. The van der Waals surface area contributed by atoms with E-state index in [1.807, 2.05) is 0 Å². The Balaban J connectivity index is 2.93. The molecule has 1 rings (SSSR count). The zero-order valence-corrected chi connectivity index (χ0v) is 12.1. The molecule has 1 aromatic carbocycles. The molecule has 3 nitrogen and oxygen atoms in total. The number of methoxy groups -OCH3 is 2. The van der Waals surface area contributed by atoms with Gasteiger partial charge in [-0.15, -0.1) is 0 Å². The van der Waals surface area contributed by atoms with Crippen molar-refractivity contribution in [1.82, 2.24) is 0 Å². The Bertz CT molecular complexity index is 391. The van der Waals surface area contributed by atoms with E-state index in [1.54, 1.807) is 26.4 Å². The lowest BCUT2D eigenvalue weighted by atomic mass is 9.99. The van der Waals surface area contributed by atoms with Crippen LogP contribution < -0.4 is 9.47 Å². The highest BCUT2D eigenvalue weighted by Crippen LogP contribution is 2.38. The first-order valence-electron chi connectivity index (χ1n) is 6.09. The molecule has 1 N–H and O–H groups in total. The van der Waals surface area contributed by atoms with Crippen LogP contribution in [-0.4, -0.2) is 19.3 Å². The van der Waals surface area contributed by atoms with Gasteiger partial charge in [-0.2, -0.15) is 0 Å². The number of rotatable bonds is 6. The second-order valence-electron chi connectivity index (χ2n) is 4.73. The van der Waals surface area contributed by atoms with Crippen LogP contribution in [-0.2, 0) is 0 Å². The zero-order chi connectivity index (χ0) is 13.7. The summed E-state index contributed by atoms with van der Waals surface area (Å²) in [5, 5.41) is 10.6. The Labute approximate surface area is 114 Å². The highest BCUT2D eigenvalue weighted by atomic mass is 35.5. The molecule has 0 fully saturated rings. The molecule has 0 heterocycles. The minimum absolute atomic E-state index is 0.454. The van der Waals surface area contributed by atoms with Crippen molar-refractivity contribution >= 4 is 11.6 Å². The van der Waals surface area contributed by atoms with Crippen molar-refractivity contribution in [3.8, 4) is 11.5 Å². The molecule has 4 heteroatoms. The Morgan fingerprint density at radius 2 is 1.83 bits per heavy atom. The van der Waals surface area contributed by atoms with E-state index in [4.69, 9.17) is 21.1 Å². The van der Waals surface area contributed by atoms with E-state index >= 15 is 0 Å². The summed E-state index contributed by atoms with van der Waals surface area (Å²) in [6.07, 6.45) is 1.15. The zero-order valence-electron chi connectivity index (χ0n) is 11.4. The number of ether oxygens (including phenoxy) is 2. The molecular formula is C14H21ClO3. The van der Waals surface area contributed by atoms with Gasteiger partial charge in [-0.25, -0.2) is 0 Å². The van der Waals surface area contributed by atoms with Crippen molar-refractivity contribution < 1.29 is 14.6 Å². The highest BCUT2D eigenvalue weighted by molar-refractivity contribution is 6.32. The topological polar surface area (TPSA) is 38.7 Å². The lowest BCUT2D eigenvalue weighted by molar-refractivity contribution is 0.158. The van der Waals surface area contributed by atoms with Crippen molar-refractivity contribution in [2.24, 2.45) is 5.92 Å². The quantitative estimate of drug-likeness (QED) is 0.855. The third-order valence-corrected chi connectivity index (χ3v) is 3.14. The molecule has 0 aromatic heterocycles. The number of hydrogen-bond donors (Lipinski definition) is 1. The van der Waals surface area contributed by atoms with Crippen LogP contribution in [0.5, 0.6) is 11.5 Å². The smallest absolute Gasteiger partial charge is 0.179 e. The monoisotopic (exact) mass is 272 g/mol. The predicted octanol–water partition coefficient (Wildman–Crippen LogP) is 3.83. The number of aliphatic hydroxyl groups excluding tert-OH is 1. The van der Waals surface area contributed by atoms with E-state index in [1.165, 1.54) is 0 Å². The van der Waals surface area contributed by atoms with Gasteiger partial charge in [-0.05, 0) is 36.5 Å². The number of aliphatic hydroxyl groups is 1. The Kier molecular flexibility index (Phi) is 5.76. The van der Waals surface area contributed by atoms with Crippen LogP contribution in [0.4, 0.5) is 0 Å². The second kappa shape index (κ2) is 6.86.